The van der Waals surface area contributed by atoms with E-state index in [-0.39, 0.29) is 6.61 Å². The van der Waals surface area contributed by atoms with Crippen LogP contribution in [0.15, 0.2) is 4.99 Å². The van der Waals surface area contributed by atoms with E-state index in [0.29, 0.717) is 6.54 Å². The van der Waals surface area contributed by atoms with Gasteiger partial charge in [-0.25, -0.2) is 0 Å². The molecule has 0 aromatic carbocycles. The lowest BCUT2D eigenvalue weighted by molar-refractivity contribution is 0.0958. The summed E-state index contributed by atoms with van der Waals surface area (Å²) >= 11 is 0. The van der Waals surface area contributed by atoms with Gasteiger partial charge in [0.05, 0.1) is 13.2 Å². The van der Waals surface area contributed by atoms with Crippen LogP contribution in [0, 0.1) is 11.8 Å². The van der Waals surface area contributed by atoms with Crippen molar-refractivity contribution < 1.29 is 5.11 Å². The average molecular weight is 294 g/mol. The standard InChI is InChI=1S/C16H30N4O/c1-2-17-16(18-5-10-21)20-8-6-19(7-9-20)15-12-13-3-4-14(15)11-13/h13-15,21H,2-12H2,1H3,(H,17,18). The summed E-state index contributed by atoms with van der Waals surface area (Å²) in [6.45, 7) is 8.05. The Morgan fingerprint density at radius 3 is 2.57 bits per heavy atom. The molecule has 2 N–H and O–H groups in total. The molecule has 0 radical (unpaired) electrons. The zero-order chi connectivity index (χ0) is 14.7. The van der Waals surface area contributed by atoms with Crippen LogP contribution in [0.25, 0.3) is 0 Å². The molecule has 0 amide bonds. The first kappa shape index (κ1) is 15.1. The summed E-state index contributed by atoms with van der Waals surface area (Å²) in [5.74, 6) is 2.98. The van der Waals surface area contributed by atoms with Gasteiger partial charge in [-0.2, -0.15) is 0 Å². The highest BCUT2D eigenvalue weighted by Crippen LogP contribution is 2.46. The molecule has 3 rings (SSSR count). The van der Waals surface area contributed by atoms with E-state index in [2.05, 4.69) is 27.0 Å². The van der Waals surface area contributed by atoms with Gasteiger partial charge in [-0.05, 0) is 38.0 Å². The van der Waals surface area contributed by atoms with Crippen LogP contribution in [0.4, 0.5) is 0 Å². The van der Waals surface area contributed by atoms with Crippen LogP contribution in [0.3, 0.4) is 0 Å². The molecule has 1 saturated heterocycles. The molecule has 0 aromatic rings. The lowest BCUT2D eigenvalue weighted by atomic mass is 9.93. The van der Waals surface area contributed by atoms with Crippen LogP contribution in [0.5, 0.6) is 0 Å². The van der Waals surface area contributed by atoms with Gasteiger partial charge in [0.1, 0.15) is 0 Å². The summed E-state index contributed by atoms with van der Waals surface area (Å²) in [7, 11) is 0. The Morgan fingerprint density at radius 2 is 2.00 bits per heavy atom. The molecule has 2 bridgehead atoms. The van der Waals surface area contributed by atoms with Crippen molar-refractivity contribution in [1.82, 2.24) is 15.1 Å². The Bertz CT molecular complexity index is 365. The fourth-order valence-electron chi connectivity index (χ4n) is 4.51. The minimum atomic E-state index is 0.125. The van der Waals surface area contributed by atoms with Crippen molar-refractivity contribution in [2.45, 2.75) is 38.6 Å². The van der Waals surface area contributed by atoms with Crippen LogP contribution in [-0.4, -0.2) is 72.8 Å². The summed E-state index contributed by atoms with van der Waals surface area (Å²) in [5.41, 5.74) is 0. The first-order valence-electron chi connectivity index (χ1n) is 8.70. The van der Waals surface area contributed by atoms with Crippen LogP contribution in [-0.2, 0) is 0 Å². The Morgan fingerprint density at radius 1 is 1.19 bits per heavy atom. The second kappa shape index (κ2) is 6.97. The highest BCUT2D eigenvalue weighted by Gasteiger charge is 2.42. The fourth-order valence-corrected chi connectivity index (χ4v) is 4.51. The summed E-state index contributed by atoms with van der Waals surface area (Å²) in [6, 6.07) is 0.864. The Hall–Kier alpha value is -0.810. The monoisotopic (exact) mass is 294 g/mol. The quantitative estimate of drug-likeness (QED) is 0.593. The maximum absolute atomic E-state index is 8.97. The third kappa shape index (κ3) is 3.34. The maximum Gasteiger partial charge on any atom is 0.194 e. The smallest absolute Gasteiger partial charge is 0.194 e. The van der Waals surface area contributed by atoms with E-state index in [1.54, 1.807) is 0 Å². The van der Waals surface area contributed by atoms with Gasteiger partial charge in [-0.1, -0.05) is 6.42 Å². The van der Waals surface area contributed by atoms with E-state index in [0.717, 1.165) is 56.6 Å². The number of hydrogen-bond donors (Lipinski definition) is 2. The average Bonchev–Trinajstić information content (AvgIpc) is 3.14. The summed E-state index contributed by atoms with van der Waals surface area (Å²) < 4.78 is 0. The minimum absolute atomic E-state index is 0.125. The molecule has 2 saturated carbocycles. The van der Waals surface area contributed by atoms with Gasteiger partial charge in [-0.15, -0.1) is 0 Å². The second-order valence-electron chi connectivity index (χ2n) is 6.72. The van der Waals surface area contributed by atoms with E-state index < -0.39 is 0 Å². The SMILES string of the molecule is CCNC(=NCCO)N1CCN(C2CC3CCC2C3)CC1. The van der Waals surface area contributed by atoms with Crippen LogP contribution < -0.4 is 5.32 Å². The fraction of sp³-hybridized carbons (Fsp3) is 0.938. The molecule has 3 unspecified atom stereocenters. The predicted octanol–water partition coefficient (Wildman–Crippen LogP) is 0.750. The van der Waals surface area contributed by atoms with E-state index in [9.17, 15) is 0 Å². The third-order valence-electron chi connectivity index (χ3n) is 5.48. The molecule has 5 nitrogen and oxygen atoms in total. The molecule has 0 spiro atoms. The Labute approximate surface area is 128 Å². The first-order valence-corrected chi connectivity index (χ1v) is 8.70. The molecule has 0 aromatic heterocycles. The van der Waals surface area contributed by atoms with E-state index in [4.69, 9.17) is 5.11 Å². The van der Waals surface area contributed by atoms with Crippen molar-refractivity contribution in [2.75, 3.05) is 45.9 Å². The number of nitrogens with one attached hydrogen (secondary N) is 1. The number of fused-ring (bicyclic) bond motifs is 2. The Kier molecular flexibility index (Phi) is 5.01. The third-order valence-corrected chi connectivity index (χ3v) is 5.48. The minimum Gasteiger partial charge on any atom is -0.394 e. The lowest BCUT2D eigenvalue weighted by Crippen LogP contribution is -2.55. The normalized spacial score (nSPS) is 33.7. The summed E-state index contributed by atoms with van der Waals surface area (Å²) in [4.78, 5) is 9.56. The molecule has 1 heterocycles. The van der Waals surface area contributed by atoms with Crippen molar-refractivity contribution in [3.05, 3.63) is 0 Å². The number of rotatable bonds is 4. The largest absolute Gasteiger partial charge is 0.394 e. The van der Waals surface area contributed by atoms with Crippen molar-refractivity contribution in [2.24, 2.45) is 16.8 Å². The number of piperazine rings is 1. The molecule has 3 atom stereocenters. The summed E-state index contributed by atoms with van der Waals surface area (Å²) in [6.07, 6.45) is 5.89. The molecular formula is C16H30N4O. The number of hydrogen-bond acceptors (Lipinski definition) is 3. The van der Waals surface area contributed by atoms with Gasteiger partial charge < -0.3 is 15.3 Å². The Balaban J connectivity index is 1.52. The number of aliphatic hydroxyl groups is 1. The molecule has 21 heavy (non-hydrogen) atoms. The van der Waals surface area contributed by atoms with Gasteiger partial charge in [0.25, 0.3) is 0 Å². The highest BCUT2D eigenvalue weighted by molar-refractivity contribution is 5.80. The highest BCUT2D eigenvalue weighted by atomic mass is 16.3. The molecule has 5 heteroatoms. The van der Waals surface area contributed by atoms with Gasteiger partial charge in [-0.3, -0.25) is 9.89 Å². The number of aliphatic imine (C=N–C) groups is 1. The van der Waals surface area contributed by atoms with Crippen LogP contribution >= 0.6 is 0 Å². The van der Waals surface area contributed by atoms with E-state index >= 15 is 0 Å². The van der Waals surface area contributed by atoms with Gasteiger partial charge in [0.15, 0.2) is 5.96 Å². The number of aliphatic hydroxyl groups excluding tert-OH is 1. The molecule has 3 fully saturated rings. The van der Waals surface area contributed by atoms with Crippen molar-refractivity contribution >= 4 is 5.96 Å². The first-order chi connectivity index (χ1) is 10.3. The van der Waals surface area contributed by atoms with E-state index in [1.807, 2.05) is 0 Å². The van der Waals surface area contributed by atoms with Crippen LogP contribution in [0.2, 0.25) is 0 Å². The molecule has 3 aliphatic rings. The second-order valence-corrected chi connectivity index (χ2v) is 6.72. The maximum atomic E-state index is 8.97. The molecular weight excluding hydrogens is 264 g/mol. The molecule has 120 valence electrons. The number of guanidine groups is 1. The molecule has 2 aliphatic carbocycles. The number of nitrogens with zero attached hydrogens (tertiary/aromatic N) is 3. The van der Waals surface area contributed by atoms with Crippen LogP contribution in [0.1, 0.15) is 32.6 Å². The van der Waals surface area contributed by atoms with Crippen molar-refractivity contribution in [3.63, 3.8) is 0 Å². The molecule has 1 aliphatic heterocycles. The van der Waals surface area contributed by atoms with Gasteiger partial charge in [0.2, 0.25) is 0 Å². The van der Waals surface area contributed by atoms with Crippen molar-refractivity contribution in [1.29, 1.82) is 0 Å². The lowest BCUT2D eigenvalue weighted by Gasteiger charge is -2.42. The predicted molar refractivity (Wildman–Crippen MR) is 85.4 cm³/mol. The van der Waals surface area contributed by atoms with Crippen molar-refractivity contribution in [3.8, 4) is 0 Å². The topological polar surface area (TPSA) is 51.1 Å². The zero-order valence-corrected chi connectivity index (χ0v) is 13.3. The van der Waals surface area contributed by atoms with Gasteiger partial charge in [0, 0.05) is 38.8 Å². The van der Waals surface area contributed by atoms with E-state index in [1.165, 1.54) is 25.7 Å². The zero-order valence-electron chi connectivity index (χ0n) is 13.3. The summed E-state index contributed by atoms with van der Waals surface area (Å²) in [5, 5.41) is 12.3. The van der Waals surface area contributed by atoms with Gasteiger partial charge >= 0.3 is 0 Å².